The molecule has 0 aromatic heterocycles. The average molecular weight is 258 g/mol. The van der Waals surface area contributed by atoms with Crippen molar-refractivity contribution in [3.63, 3.8) is 0 Å². The van der Waals surface area contributed by atoms with Crippen molar-refractivity contribution in [1.82, 2.24) is 10.2 Å². The largest absolute Gasteiger partial charge is 0.480 e. The number of nitrogens with one attached hydrogen (secondary N) is 1. The third kappa shape index (κ3) is 4.52. The SMILES string of the molecule is CC(C)C[C@@H](NC(=O)N1CCC(O)CC1)C(=O)O. The Morgan fingerprint density at radius 2 is 1.89 bits per heavy atom. The van der Waals surface area contributed by atoms with Gasteiger partial charge in [0, 0.05) is 13.1 Å². The van der Waals surface area contributed by atoms with E-state index >= 15 is 0 Å². The summed E-state index contributed by atoms with van der Waals surface area (Å²) in [6, 6.07) is -1.20. The Labute approximate surface area is 107 Å². The number of piperidine rings is 1. The lowest BCUT2D eigenvalue weighted by atomic mass is 10.0. The van der Waals surface area contributed by atoms with Gasteiger partial charge in [-0.05, 0) is 25.2 Å². The molecule has 18 heavy (non-hydrogen) atoms. The molecule has 3 N–H and O–H groups in total. The second kappa shape index (κ2) is 6.58. The van der Waals surface area contributed by atoms with Crippen LogP contribution >= 0.6 is 0 Å². The molecule has 0 aliphatic carbocycles. The normalized spacial score (nSPS) is 18.8. The Balaban J connectivity index is 2.48. The quantitative estimate of drug-likeness (QED) is 0.690. The fourth-order valence-electron chi connectivity index (χ4n) is 2.00. The van der Waals surface area contributed by atoms with Crippen LogP contribution in [0.25, 0.3) is 0 Å². The van der Waals surface area contributed by atoms with E-state index in [0.717, 1.165) is 0 Å². The fraction of sp³-hybridized carbons (Fsp3) is 0.833. The van der Waals surface area contributed by atoms with E-state index in [4.69, 9.17) is 5.11 Å². The minimum absolute atomic E-state index is 0.203. The molecule has 1 aliphatic heterocycles. The molecule has 6 nitrogen and oxygen atoms in total. The number of likely N-dealkylation sites (tertiary alicyclic amines) is 1. The highest BCUT2D eigenvalue weighted by atomic mass is 16.4. The second-order valence-corrected chi connectivity index (χ2v) is 5.19. The predicted octanol–water partition coefficient (Wildman–Crippen LogP) is 0.652. The van der Waals surface area contributed by atoms with Gasteiger partial charge in [-0.2, -0.15) is 0 Å². The van der Waals surface area contributed by atoms with Crippen LogP contribution in [0, 0.1) is 5.92 Å². The highest BCUT2D eigenvalue weighted by molar-refractivity contribution is 5.82. The molecule has 0 radical (unpaired) electrons. The zero-order valence-electron chi connectivity index (χ0n) is 10.9. The van der Waals surface area contributed by atoms with Crippen LogP contribution in [-0.4, -0.2) is 52.3 Å². The van der Waals surface area contributed by atoms with E-state index in [1.165, 1.54) is 0 Å². The van der Waals surface area contributed by atoms with Crippen LogP contribution in [0.4, 0.5) is 4.79 Å². The number of amides is 2. The molecule has 1 aliphatic rings. The van der Waals surface area contributed by atoms with Crippen LogP contribution in [0.2, 0.25) is 0 Å². The van der Waals surface area contributed by atoms with E-state index < -0.39 is 12.0 Å². The molecule has 1 rings (SSSR count). The van der Waals surface area contributed by atoms with Crippen molar-refractivity contribution < 1.29 is 19.8 Å². The predicted molar refractivity (Wildman–Crippen MR) is 66.2 cm³/mol. The zero-order valence-corrected chi connectivity index (χ0v) is 10.9. The van der Waals surface area contributed by atoms with Gasteiger partial charge >= 0.3 is 12.0 Å². The molecular formula is C12H22N2O4. The molecule has 0 aromatic carbocycles. The Kier molecular flexibility index (Phi) is 5.40. The van der Waals surface area contributed by atoms with Gasteiger partial charge in [-0.1, -0.05) is 13.8 Å². The van der Waals surface area contributed by atoms with Gasteiger partial charge in [0.15, 0.2) is 0 Å². The van der Waals surface area contributed by atoms with E-state index in [-0.39, 0.29) is 18.1 Å². The molecule has 0 bridgehead atoms. The fourth-order valence-corrected chi connectivity index (χ4v) is 2.00. The van der Waals surface area contributed by atoms with Gasteiger partial charge in [-0.25, -0.2) is 9.59 Å². The summed E-state index contributed by atoms with van der Waals surface area (Å²) in [4.78, 5) is 24.5. The van der Waals surface area contributed by atoms with Crippen LogP contribution < -0.4 is 5.32 Å². The van der Waals surface area contributed by atoms with E-state index in [9.17, 15) is 14.7 Å². The third-order valence-corrected chi connectivity index (χ3v) is 3.05. The molecule has 1 saturated heterocycles. The summed E-state index contributed by atoms with van der Waals surface area (Å²) in [6.07, 6.45) is 1.17. The van der Waals surface area contributed by atoms with Crippen LogP contribution in [-0.2, 0) is 4.79 Å². The van der Waals surface area contributed by atoms with Gasteiger partial charge in [0.05, 0.1) is 6.10 Å². The molecular weight excluding hydrogens is 236 g/mol. The van der Waals surface area contributed by atoms with E-state index in [1.54, 1.807) is 4.90 Å². The summed E-state index contributed by atoms with van der Waals surface area (Å²) in [5.41, 5.74) is 0. The molecule has 104 valence electrons. The lowest BCUT2D eigenvalue weighted by molar-refractivity contribution is -0.139. The molecule has 2 amide bonds. The Morgan fingerprint density at radius 1 is 1.33 bits per heavy atom. The summed E-state index contributed by atoms with van der Waals surface area (Å²) in [5.74, 6) is -0.802. The first-order chi connectivity index (χ1) is 8.40. The molecule has 1 atom stereocenters. The average Bonchev–Trinajstić information content (AvgIpc) is 2.28. The number of rotatable bonds is 4. The van der Waals surface area contributed by atoms with Crippen molar-refractivity contribution in [2.24, 2.45) is 5.92 Å². The number of aliphatic hydroxyl groups excluding tert-OH is 1. The van der Waals surface area contributed by atoms with Crippen molar-refractivity contribution >= 4 is 12.0 Å². The first kappa shape index (κ1) is 14.8. The lowest BCUT2D eigenvalue weighted by Crippen LogP contribution is -2.51. The maximum atomic E-state index is 11.9. The Hall–Kier alpha value is -1.30. The summed E-state index contributed by atoms with van der Waals surface area (Å²) >= 11 is 0. The van der Waals surface area contributed by atoms with Crippen LogP contribution in [0.1, 0.15) is 33.1 Å². The second-order valence-electron chi connectivity index (χ2n) is 5.19. The Morgan fingerprint density at radius 3 is 2.33 bits per heavy atom. The van der Waals surface area contributed by atoms with Crippen molar-refractivity contribution in [3.8, 4) is 0 Å². The number of hydrogen-bond acceptors (Lipinski definition) is 3. The number of carbonyl (C=O) groups is 2. The van der Waals surface area contributed by atoms with Crippen LogP contribution in [0.3, 0.4) is 0 Å². The van der Waals surface area contributed by atoms with Crippen molar-refractivity contribution in [2.45, 2.75) is 45.3 Å². The minimum atomic E-state index is -1.01. The third-order valence-electron chi connectivity index (χ3n) is 3.05. The molecule has 0 unspecified atom stereocenters. The van der Waals surface area contributed by atoms with E-state index in [1.807, 2.05) is 13.8 Å². The molecule has 1 fully saturated rings. The zero-order chi connectivity index (χ0) is 13.7. The molecule has 0 saturated carbocycles. The standard InChI is InChI=1S/C12H22N2O4/c1-8(2)7-10(11(16)17)13-12(18)14-5-3-9(15)4-6-14/h8-10,15H,3-7H2,1-2H3,(H,13,18)(H,16,17)/t10-/m1/s1. The van der Waals surface area contributed by atoms with Gasteiger partial charge in [-0.3, -0.25) is 0 Å². The highest BCUT2D eigenvalue weighted by Crippen LogP contribution is 2.11. The summed E-state index contributed by atoms with van der Waals surface area (Å²) in [6.45, 7) is 4.78. The number of carbonyl (C=O) groups excluding carboxylic acids is 1. The molecule has 0 aromatic rings. The molecule has 6 heteroatoms. The number of urea groups is 1. The topological polar surface area (TPSA) is 89.9 Å². The minimum Gasteiger partial charge on any atom is -0.480 e. The van der Waals surface area contributed by atoms with E-state index in [2.05, 4.69) is 5.32 Å². The number of aliphatic carboxylic acids is 1. The number of nitrogens with zero attached hydrogens (tertiary/aromatic N) is 1. The number of carboxylic acid groups (broad SMARTS) is 1. The van der Waals surface area contributed by atoms with E-state index in [0.29, 0.717) is 32.4 Å². The smallest absolute Gasteiger partial charge is 0.326 e. The molecule has 1 heterocycles. The first-order valence-corrected chi connectivity index (χ1v) is 6.36. The number of carboxylic acids is 1. The lowest BCUT2D eigenvalue weighted by Gasteiger charge is -2.30. The summed E-state index contributed by atoms with van der Waals surface area (Å²) < 4.78 is 0. The first-order valence-electron chi connectivity index (χ1n) is 6.36. The molecule has 0 spiro atoms. The van der Waals surface area contributed by atoms with Gasteiger partial charge < -0.3 is 20.4 Å². The summed E-state index contributed by atoms with van der Waals surface area (Å²) in [7, 11) is 0. The highest BCUT2D eigenvalue weighted by Gasteiger charge is 2.26. The summed E-state index contributed by atoms with van der Waals surface area (Å²) in [5, 5.41) is 20.9. The van der Waals surface area contributed by atoms with Gasteiger partial charge in [0.1, 0.15) is 6.04 Å². The van der Waals surface area contributed by atoms with Crippen LogP contribution in [0.15, 0.2) is 0 Å². The maximum Gasteiger partial charge on any atom is 0.326 e. The van der Waals surface area contributed by atoms with Crippen molar-refractivity contribution in [3.05, 3.63) is 0 Å². The number of hydrogen-bond donors (Lipinski definition) is 3. The van der Waals surface area contributed by atoms with Crippen molar-refractivity contribution in [2.75, 3.05) is 13.1 Å². The van der Waals surface area contributed by atoms with Gasteiger partial charge in [0.25, 0.3) is 0 Å². The van der Waals surface area contributed by atoms with Crippen molar-refractivity contribution in [1.29, 1.82) is 0 Å². The number of aliphatic hydroxyl groups is 1. The van der Waals surface area contributed by atoms with Gasteiger partial charge in [-0.15, -0.1) is 0 Å². The Bertz CT molecular complexity index is 298. The maximum absolute atomic E-state index is 11.9. The van der Waals surface area contributed by atoms with Crippen LogP contribution in [0.5, 0.6) is 0 Å². The van der Waals surface area contributed by atoms with Gasteiger partial charge in [0.2, 0.25) is 0 Å². The monoisotopic (exact) mass is 258 g/mol.